The zero-order chi connectivity index (χ0) is 14.0. The van der Waals surface area contributed by atoms with Gasteiger partial charge in [0.15, 0.2) is 0 Å². The highest BCUT2D eigenvalue weighted by molar-refractivity contribution is 9.10. The van der Waals surface area contributed by atoms with Crippen LogP contribution in [0.5, 0.6) is 0 Å². The van der Waals surface area contributed by atoms with Crippen molar-refractivity contribution in [3.63, 3.8) is 0 Å². The summed E-state index contributed by atoms with van der Waals surface area (Å²) in [5, 5.41) is 0. The number of hydrogen-bond donors (Lipinski definition) is 1. The third kappa shape index (κ3) is 3.48. The van der Waals surface area contributed by atoms with E-state index in [-0.39, 0.29) is 24.3 Å². The summed E-state index contributed by atoms with van der Waals surface area (Å²) in [6.45, 7) is 3.99. The fraction of sp³-hybridized carbons (Fsp3) is 0.500. The first-order valence-corrected chi connectivity index (χ1v) is 7.17. The molecule has 0 aliphatic carbocycles. The monoisotopic (exact) mass is 327 g/mol. The molecule has 0 saturated carbocycles. The summed E-state index contributed by atoms with van der Waals surface area (Å²) in [6.07, 6.45) is 1.60. The van der Waals surface area contributed by atoms with Crippen LogP contribution in [0.2, 0.25) is 0 Å². The molecule has 0 bridgehead atoms. The van der Waals surface area contributed by atoms with E-state index in [0.717, 1.165) is 12.8 Å². The Morgan fingerprint density at radius 1 is 1.37 bits per heavy atom. The summed E-state index contributed by atoms with van der Waals surface area (Å²) in [6, 6.07) is 5.18. The van der Waals surface area contributed by atoms with Crippen molar-refractivity contribution in [1.82, 2.24) is 0 Å². The standard InChI is InChI=1S/C14H18BrNO3/c1-8-6-10(7-9(2)18-8)19-14(17)11-4-3-5-12(16)13(11)15/h3-5,8-10H,6-7,16H2,1-2H3. The number of anilines is 1. The van der Waals surface area contributed by atoms with E-state index < -0.39 is 0 Å². The van der Waals surface area contributed by atoms with Crippen molar-refractivity contribution in [2.45, 2.75) is 45.0 Å². The van der Waals surface area contributed by atoms with Crippen molar-refractivity contribution in [2.75, 3.05) is 5.73 Å². The van der Waals surface area contributed by atoms with E-state index >= 15 is 0 Å². The first-order chi connectivity index (χ1) is 8.97. The van der Waals surface area contributed by atoms with E-state index in [2.05, 4.69) is 15.9 Å². The number of benzene rings is 1. The molecule has 2 N–H and O–H groups in total. The summed E-state index contributed by atoms with van der Waals surface area (Å²) in [4.78, 5) is 12.2. The van der Waals surface area contributed by atoms with Gasteiger partial charge in [0.05, 0.1) is 22.2 Å². The quantitative estimate of drug-likeness (QED) is 0.669. The molecule has 1 aromatic carbocycles. The number of carbonyl (C=O) groups excluding carboxylic acids is 1. The van der Waals surface area contributed by atoms with Crippen LogP contribution in [0.25, 0.3) is 0 Å². The van der Waals surface area contributed by atoms with Crippen LogP contribution in [0.4, 0.5) is 5.69 Å². The number of nitrogen functional groups attached to an aromatic ring is 1. The van der Waals surface area contributed by atoms with Crippen LogP contribution in [0, 0.1) is 0 Å². The van der Waals surface area contributed by atoms with Gasteiger partial charge >= 0.3 is 5.97 Å². The molecule has 0 amide bonds. The van der Waals surface area contributed by atoms with Crippen LogP contribution in [0.1, 0.15) is 37.0 Å². The van der Waals surface area contributed by atoms with E-state index in [0.29, 0.717) is 15.7 Å². The van der Waals surface area contributed by atoms with Gasteiger partial charge in [0, 0.05) is 18.5 Å². The molecule has 1 aromatic rings. The Bertz CT molecular complexity index is 468. The van der Waals surface area contributed by atoms with Crippen LogP contribution in [-0.2, 0) is 9.47 Å². The summed E-state index contributed by atoms with van der Waals surface area (Å²) in [5.41, 5.74) is 6.76. The lowest BCUT2D eigenvalue weighted by Gasteiger charge is -2.31. The summed E-state index contributed by atoms with van der Waals surface area (Å²) < 4.78 is 11.8. The average molecular weight is 328 g/mol. The van der Waals surface area contributed by atoms with Gasteiger partial charge in [-0.3, -0.25) is 0 Å². The fourth-order valence-electron chi connectivity index (χ4n) is 2.36. The average Bonchev–Trinajstić information content (AvgIpc) is 2.31. The minimum absolute atomic E-state index is 0.0976. The molecule has 2 atom stereocenters. The maximum atomic E-state index is 12.2. The maximum absolute atomic E-state index is 12.2. The van der Waals surface area contributed by atoms with Crippen LogP contribution in [-0.4, -0.2) is 24.3 Å². The van der Waals surface area contributed by atoms with Crippen molar-refractivity contribution in [3.8, 4) is 0 Å². The van der Waals surface area contributed by atoms with Crippen molar-refractivity contribution in [2.24, 2.45) is 0 Å². The number of rotatable bonds is 2. The van der Waals surface area contributed by atoms with E-state index in [4.69, 9.17) is 15.2 Å². The summed E-state index contributed by atoms with van der Waals surface area (Å²) >= 11 is 3.32. The van der Waals surface area contributed by atoms with Crippen molar-refractivity contribution >= 4 is 27.6 Å². The van der Waals surface area contributed by atoms with Gasteiger partial charge in [-0.05, 0) is 41.9 Å². The molecule has 0 spiro atoms. The van der Waals surface area contributed by atoms with Crippen LogP contribution < -0.4 is 5.73 Å². The smallest absolute Gasteiger partial charge is 0.339 e. The highest BCUT2D eigenvalue weighted by Crippen LogP contribution is 2.27. The Morgan fingerprint density at radius 3 is 2.63 bits per heavy atom. The first-order valence-electron chi connectivity index (χ1n) is 6.37. The minimum atomic E-state index is -0.342. The van der Waals surface area contributed by atoms with E-state index in [9.17, 15) is 4.79 Å². The number of halogens is 1. The largest absolute Gasteiger partial charge is 0.459 e. The zero-order valence-corrected chi connectivity index (χ0v) is 12.6. The summed E-state index contributed by atoms with van der Waals surface area (Å²) in [7, 11) is 0. The maximum Gasteiger partial charge on any atom is 0.339 e. The number of ether oxygens (including phenoxy) is 2. The normalized spacial score (nSPS) is 27.0. The number of carbonyl (C=O) groups is 1. The Labute approximate surface area is 121 Å². The molecule has 4 nitrogen and oxygen atoms in total. The molecule has 1 heterocycles. The molecule has 2 unspecified atom stereocenters. The van der Waals surface area contributed by atoms with Gasteiger partial charge in [-0.25, -0.2) is 4.79 Å². The second-order valence-corrected chi connectivity index (χ2v) is 5.76. The molecule has 104 valence electrons. The first kappa shape index (κ1) is 14.3. The van der Waals surface area contributed by atoms with E-state index in [1.54, 1.807) is 18.2 Å². The third-order valence-corrected chi connectivity index (χ3v) is 4.06. The SMILES string of the molecule is CC1CC(OC(=O)c2cccc(N)c2Br)CC(C)O1. The second kappa shape index (κ2) is 5.92. The molecule has 2 rings (SSSR count). The Balaban J connectivity index is 2.06. The Hall–Kier alpha value is -1.07. The predicted octanol–water partition coefficient (Wildman–Crippen LogP) is 3.14. The van der Waals surface area contributed by atoms with Gasteiger partial charge in [-0.15, -0.1) is 0 Å². The highest BCUT2D eigenvalue weighted by atomic mass is 79.9. The highest BCUT2D eigenvalue weighted by Gasteiger charge is 2.28. The molecule has 0 radical (unpaired) electrons. The molecule has 1 saturated heterocycles. The third-order valence-electron chi connectivity index (χ3n) is 3.18. The molecular weight excluding hydrogens is 310 g/mol. The van der Waals surface area contributed by atoms with Gasteiger partial charge in [-0.2, -0.15) is 0 Å². The molecule has 0 aromatic heterocycles. The van der Waals surface area contributed by atoms with Crippen LogP contribution in [0.3, 0.4) is 0 Å². The molecule has 5 heteroatoms. The van der Waals surface area contributed by atoms with Gasteiger partial charge in [0.1, 0.15) is 6.10 Å². The van der Waals surface area contributed by atoms with Crippen molar-refractivity contribution in [1.29, 1.82) is 0 Å². The Morgan fingerprint density at radius 2 is 2.00 bits per heavy atom. The van der Waals surface area contributed by atoms with Gasteiger partial charge in [0.2, 0.25) is 0 Å². The zero-order valence-electron chi connectivity index (χ0n) is 11.1. The molecule has 1 aliphatic heterocycles. The lowest BCUT2D eigenvalue weighted by atomic mass is 10.0. The number of esters is 1. The number of hydrogen-bond acceptors (Lipinski definition) is 4. The van der Waals surface area contributed by atoms with Crippen LogP contribution >= 0.6 is 15.9 Å². The van der Waals surface area contributed by atoms with Crippen LogP contribution in [0.15, 0.2) is 22.7 Å². The predicted molar refractivity (Wildman–Crippen MR) is 77.0 cm³/mol. The minimum Gasteiger partial charge on any atom is -0.459 e. The lowest BCUT2D eigenvalue weighted by Crippen LogP contribution is -2.35. The Kier molecular flexibility index (Phi) is 4.47. The lowest BCUT2D eigenvalue weighted by molar-refractivity contribution is -0.0855. The molecular formula is C14H18BrNO3. The topological polar surface area (TPSA) is 61.5 Å². The van der Waals surface area contributed by atoms with Gasteiger partial charge in [0.25, 0.3) is 0 Å². The molecule has 1 fully saturated rings. The van der Waals surface area contributed by atoms with E-state index in [1.807, 2.05) is 13.8 Å². The van der Waals surface area contributed by atoms with Gasteiger partial charge < -0.3 is 15.2 Å². The molecule has 19 heavy (non-hydrogen) atoms. The van der Waals surface area contributed by atoms with Gasteiger partial charge in [-0.1, -0.05) is 6.07 Å². The summed E-state index contributed by atoms with van der Waals surface area (Å²) in [5.74, 6) is -0.342. The number of nitrogens with two attached hydrogens (primary N) is 1. The molecule has 1 aliphatic rings. The van der Waals surface area contributed by atoms with E-state index in [1.165, 1.54) is 0 Å². The second-order valence-electron chi connectivity index (χ2n) is 4.96. The van der Waals surface area contributed by atoms with Crippen molar-refractivity contribution in [3.05, 3.63) is 28.2 Å². The van der Waals surface area contributed by atoms with Crippen molar-refractivity contribution < 1.29 is 14.3 Å². The fourth-order valence-corrected chi connectivity index (χ4v) is 2.79.